The highest BCUT2D eigenvalue weighted by Crippen LogP contribution is 2.31. The molecule has 4 rings (SSSR count). The van der Waals surface area contributed by atoms with E-state index in [0.29, 0.717) is 13.1 Å². The molecule has 0 atom stereocenters. The summed E-state index contributed by atoms with van der Waals surface area (Å²) < 4.78 is 0. The van der Waals surface area contributed by atoms with E-state index in [2.05, 4.69) is 23.2 Å². The van der Waals surface area contributed by atoms with E-state index in [1.165, 1.54) is 22.5 Å². The predicted octanol–water partition coefficient (Wildman–Crippen LogP) is 4.72. The smallest absolute Gasteiger partial charge is 0.264 e. The Hall–Kier alpha value is -2.24. The fraction of sp³-hybridized carbons (Fsp3) is 0.158. The molecule has 0 saturated carbocycles. The van der Waals surface area contributed by atoms with Crippen LogP contribution in [0.4, 0.5) is 0 Å². The number of rotatable bonds is 3. The summed E-state index contributed by atoms with van der Waals surface area (Å²) in [5, 5.41) is 3.09. The molecule has 24 heavy (non-hydrogen) atoms. The number of carbonyl (C=O) groups is 1. The molecule has 1 aromatic carbocycles. The molecule has 0 N–H and O–H groups in total. The second-order valence-electron chi connectivity index (χ2n) is 5.70. The highest BCUT2D eigenvalue weighted by Gasteiger charge is 2.23. The molecule has 0 fully saturated rings. The van der Waals surface area contributed by atoms with Gasteiger partial charge in [0, 0.05) is 18.5 Å². The third-order valence-electron chi connectivity index (χ3n) is 4.04. The van der Waals surface area contributed by atoms with Gasteiger partial charge in [0.2, 0.25) is 0 Å². The first-order valence-electron chi connectivity index (χ1n) is 7.77. The summed E-state index contributed by atoms with van der Waals surface area (Å²) in [5.41, 5.74) is 3.37. The number of benzene rings is 1. The summed E-state index contributed by atoms with van der Waals surface area (Å²) >= 11 is 3.15. The fourth-order valence-corrected chi connectivity index (χ4v) is 4.42. The zero-order valence-corrected chi connectivity index (χ0v) is 14.9. The van der Waals surface area contributed by atoms with Crippen molar-refractivity contribution in [2.75, 3.05) is 13.1 Å². The van der Waals surface area contributed by atoms with Gasteiger partial charge in [-0.25, -0.2) is 4.98 Å². The first kappa shape index (κ1) is 15.3. The number of aromatic nitrogens is 1. The predicted molar refractivity (Wildman–Crippen MR) is 100 cm³/mol. The zero-order valence-electron chi connectivity index (χ0n) is 13.2. The molecule has 3 nitrogen and oxygen atoms in total. The first-order valence-corrected chi connectivity index (χ1v) is 9.46. The zero-order chi connectivity index (χ0) is 16.5. The van der Waals surface area contributed by atoms with Crippen LogP contribution in [0, 0.1) is 6.92 Å². The lowest BCUT2D eigenvalue weighted by Crippen LogP contribution is -2.28. The molecule has 2 aromatic heterocycles. The third kappa shape index (κ3) is 2.92. The Balaban J connectivity index is 1.49. The number of amides is 1. The summed E-state index contributed by atoms with van der Waals surface area (Å²) in [5.74, 6) is 0.0976. The number of hydrogen-bond acceptors (Lipinski definition) is 4. The fourth-order valence-electron chi connectivity index (χ4n) is 2.79. The molecule has 0 aliphatic carbocycles. The summed E-state index contributed by atoms with van der Waals surface area (Å²) in [6.45, 7) is 3.34. The molecule has 0 radical (unpaired) electrons. The number of carbonyl (C=O) groups excluding carboxylic acids is 1. The van der Waals surface area contributed by atoms with Crippen molar-refractivity contribution in [3.05, 3.63) is 69.4 Å². The lowest BCUT2D eigenvalue weighted by atomic mass is 10.1. The lowest BCUT2D eigenvalue weighted by Gasteiger charge is -2.15. The molecule has 0 bridgehead atoms. The Bertz CT molecular complexity index is 908. The van der Waals surface area contributed by atoms with Gasteiger partial charge in [0.25, 0.3) is 5.91 Å². The van der Waals surface area contributed by atoms with Crippen molar-refractivity contribution in [3.63, 3.8) is 0 Å². The van der Waals surface area contributed by atoms with Gasteiger partial charge in [0.05, 0.1) is 20.5 Å². The Morgan fingerprint density at radius 2 is 2.00 bits per heavy atom. The minimum absolute atomic E-state index is 0.0976. The maximum Gasteiger partial charge on any atom is 0.264 e. The molecule has 0 spiro atoms. The molecular weight excluding hydrogens is 336 g/mol. The van der Waals surface area contributed by atoms with Gasteiger partial charge < -0.3 is 4.90 Å². The van der Waals surface area contributed by atoms with E-state index in [0.717, 1.165) is 20.5 Å². The van der Waals surface area contributed by atoms with Gasteiger partial charge >= 0.3 is 0 Å². The molecule has 120 valence electrons. The Labute approximate surface area is 148 Å². The van der Waals surface area contributed by atoms with Gasteiger partial charge in [-0.05, 0) is 30.2 Å². The monoisotopic (exact) mass is 352 g/mol. The van der Waals surface area contributed by atoms with Crippen LogP contribution in [0.1, 0.15) is 20.2 Å². The molecule has 1 amide bonds. The van der Waals surface area contributed by atoms with E-state index in [4.69, 9.17) is 0 Å². The SMILES string of the molecule is Cc1nc(-c2ccc(C(=O)N3CC=C(c4ccccc4)C3)s2)cs1. The van der Waals surface area contributed by atoms with Crippen LogP contribution in [0.15, 0.2) is 53.9 Å². The standard InChI is InChI=1S/C19H16N2OS2/c1-13-20-16(12-23-13)17-7-8-18(24-17)19(22)21-10-9-15(11-21)14-5-3-2-4-6-14/h2-9,12H,10-11H2,1H3. The number of hydrogen-bond donors (Lipinski definition) is 0. The molecular formula is C19H16N2OS2. The van der Waals surface area contributed by atoms with Crippen molar-refractivity contribution in [2.45, 2.75) is 6.92 Å². The van der Waals surface area contributed by atoms with Crippen molar-refractivity contribution in [1.82, 2.24) is 9.88 Å². The van der Waals surface area contributed by atoms with Gasteiger partial charge in [-0.2, -0.15) is 0 Å². The average molecular weight is 352 g/mol. The number of aryl methyl sites for hydroxylation is 1. The van der Waals surface area contributed by atoms with Crippen LogP contribution >= 0.6 is 22.7 Å². The van der Waals surface area contributed by atoms with Crippen LogP contribution in [0.25, 0.3) is 16.1 Å². The van der Waals surface area contributed by atoms with Crippen LogP contribution in [0.3, 0.4) is 0 Å². The third-order valence-corrected chi connectivity index (χ3v) is 5.91. The van der Waals surface area contributed by atoms with Crippen molar-refractivity contribution < 1.29 is 4.79 Å². The van der Waals surface area contributed by atoms with Crippen LogP contribution in [-0.2, 0) is 0 Å². The minimum Gasteiger partial charge on any atom is -0.330 e. The van der Waals surface area contributed by atoms with Gasteiger partial charge in [0.1, 0.15) is 0 Å². The van der Waals surface area contributed by atoms with E-state index in [-0.39, 0.29) is 5.91 Å². The molecule has 1 aliphatic rings. The normalized spacial score (nSPS) is 14.0. The van der Waals surface area contributed by atoms with Crippen LogP contribution < -0.4 is 0 Å². The molecule has 3 heterocycles. The molecule has 5 heteroatoms. The van der Waals surface area contributed by atoms with Crippen LogP contribution in [0.2, 0.25) is 0 Å². The van der Waals surface area contributed by atoms with E-state index in [9.17, 15) is 4.79 Å². The van der Waals surface area contributed by atoms with Gasteiger partial charge in [-0.1, -0.05) is 36.4 Å². The maximum atomic E-state index is 12.8. The highest BCUT2D eigenvalue weighted by atomic mass is 32.1. The van der Waals surface area contributed by atoms with E-state index < -0.39 is 0 Å². The van der Waals surface area contributed by atoms with Crippen LogP contribution in [0.5, 0.6) is 0 Å². The highest BCUT2D eigenvalue weighted by molar-refractivity contribution is 7.17. The summed E-state index contributed by atoms with van der Waals surface area (Å²) in [4.78, 5) is 21.0. The topological polar surface area (TPSA) is 33.2 Å². The van der Waals surface area contributed by atoms with Crippen molar-refractivity contribution in [2.24, 2.45) is 0 Å². The van der Waals surface area contributed by atoms with Crippen molar-refractivity contribution >= 4 is 34.2 Å². The lowest BCUT2D eigenvalue weighted by molar-refractivity contribution is 0.0806. The van der Waals surface area contributed by atoms with Crippen molar-refractivity contribution in [1.29, 1.82) is 0 Å². The maximum absolute atomic E-state index is 12.8. The molecule has 1 aliphatic heterocycles. The average Bonchev–Trinajstić information content (AvgIpc) is 3.35. The second-order valence-corrected chi connectivity index (χ2v) is 7.84. The molecule has 0 saturated heterocycles. The van der Waals surface area contributed by atoms with Crippen LogP contribution in [-0.4, -0.2) is 28.9 Å². The quantitative estimate of drug-likeness (QED) is 0.683. The van der Waals surface area contributed by atoms with Gasteiger partial charge in [0.15, 0.2) is 0 Å². The summed E-state index contributed by atoms with van der Waals surface area (Å²) in [7, 11) is 0. The Kier molecular flexibility index (Phi) is 4.04. The molecule has 0 unspecified atom stereocenters. The summed E-state index contributed by atoms with van der Waals surface area (Å²) in [6.07, 6.45) is 2.14. The number of thiophene rings is 1. The van der Waals surface area contributed by atoms with Gasteiger partial charge in [-0.15, -0.1) is 22.7 Å². The van der Waals surface area contributed by atoms with E-state index in [1.807, 2.05) is 47.5 Å². The Morgan fingerprint density at radius 3 is 2.75 bits per heavy atom. The summed E-state index contributed by atoms with van der Waals surface area (Å²) in [6, 6.07) is 14.2. The number of nitrogens with zero attached hydrogens (tertiary/aromatic N) is 2. The largest absolute Gasteiger partial charge is 0.330 e. The van der Waals surface area contributed by atoms with E-state index in [1.54, 1.807) is 11.3 Å². The van der Waals surface area contributed by atoms with Crippen molar-refractivity contribution in [3.8, 4) is 10.6 Å². The van der Waals surface area contributed by atoms with Gasteiger partial charge in [-0.3, -0.25) is 4.79 Å². The molecule has 3 aromatic rings. The minimum atomic E-state index is 0.0976. The van der Waals surface area contributed by atoms with E-state index >= 15 is 0 Å². The first-order chi connectivity index (χ1) is 11.7. The Morgan fingerprint density at radius 1 is 1.17 bits per heavy atom. The number of thiazole rings is 1. The second kappa shape index (κ2) is 6.34.